The van der Waals surface area contributed by atoms with Crippen LogP contribution >= 0.6 is 0 Å². The molecule has 0 saturated carbocycles. The molecule has 1 fully saturated rings. The van der Waals surface area contributed by atoms with Crippen LogP contribution in [-0.2, 0) is 12.1 Å². The Hall–Kier alpha value is -4.42. The monoisotopic (exact) mass is 542 g/mol. The van der Waals surface area contributed by atoms with Crippen molar-refractivity contribution in [1.82, 2.24) is 34.3 Å². The van der Waals surface area contributed by atoms with Gasteiger partial charge in [0.1, 0.15) is 17.7 Å². The van der Waals surface area contributed by atoms with Gasteiger partial charge in [0.25, 0.3) is 0 Å². The van der Waals surface area contributed by atoms with Gasteiger partial charge in [-0.05, 0) is 37.6 Å². The van der Waals surface area contributed by atoms with Crippen molar-refractivity contribution in [2.75, 3.05) is 36.0 Å². The number of nitrogens with zero attached hydrogens (tertiary/aromatic N) is 9. The third-order valence-corrected chi connectivity index (χ3v) is 7.35. The van der Waals surface area contributed by atoms with E-state index in [1.165, 1.54) is 12.1 Å². The highest BCUT2D eigenvalue weighted by Crippen LogP contribution is 2.29. The smallest absolute Gasteiger partial charge is 0.225 e. The molecule has 206 valence electrons. The van der Waals surface area contributed by atoms with Gasteiger partial charge in [-0.2, -0.15) is 10.2 Å². The topological polar surface area (TPSA) is 127 Å². The first-order valence-corrected chi connectivity index (χ1v) is 13.2. The van der Waals surface area contributed by atoms with Crippen molar-refractivity contribution in [3.05, 3.63) is 84.6 Å². The molecule has 1 aliphatic rings. The van der Waals surface area contributed by atoms with Gasteiger partial charge in [0.2, 0.25) is 5.95 Å². The van der Waals surface area contributed by atoms with Crippen molar-refractivity contribution < 1.29 is 9.50 Å². The van der Waals surface area contributed by atoms with Gasteiger partial charge in [-0.3, -0.25) is 4.68 Å². The molecule has 0 radical (unpaired) electrons. The van der Waals surface area contributed by atoms with E-state index >= 15 is 0 Å². The number of piperazine rings is 1. The number of aliphatic hydroxyl groups excluding tert-OH is 1. The van der Waals surface area contributed by atoms with Crippen molar-refractivity contribution in [3.63, 3.8) is 0 Å². The van der Waals surface area contributed by atoms with Gasteiger partial charge in [0.05, 0.1) is 24.4 Å². The van der Waals surface area contributed by atoms with Crippen molar-refractivity contribution >= 4 is 17.3 Å². The minimum absolute atomic E-state index is 0.300. The van der Waals surface area contributed by atoms with Crippen LogP contribution in [0.5, 0.6) is 0 Å². The van der Waals surface area contributed by atoms with Gasteiger partial charge in [-0.15, -0.1) is 0 Å². The Morgan fingerprint density at radius 3 is 2.33 bits per heavy atom. The molecule has 0 amide bonds. The maximum atomic E-state index is 13.4. The first kappa shape index (κ1) is 25.8. The van der Waals surface area contributed by atoms with E-state index in [0.717, 1.165) is 59.8 Å². The molecule has 0 spiro atoms. The molecule has 2 atom stereocenters. The van der Waals surface area contributed by atoms with Crippen molar-refractivity contribution in [1.29, 1.82) is 0 Å². The van der Waals surface area contributed by atoms with E-state index in [2.05, 4.69) is 41.0 Å². The highest BCUT2D eigenvalue weighted by atomic mass is 19.1. The zero-order chi connectivity index (χ0) is 27.9. The number of benzene rings is 1. The van der Waals surface area contributed by atoms with Crippen LogP contribution in [0.25, 0.3) is 16.6 Å². The van der Waals surface area contributed by atoms with Crippen LogP contribution in [0.1, 0.15) is 25.0 Å². The number of aliphatic hydroxyl groups is 1. The van der Waals surface area contributed by atoms with E-state index < -0.39 is 11.6 Å². The molecule has 11 nitrogen and oxygen atoms in total. The molecule has 5 aromatic rings. The van der Waals surface area contributed by atoms with Gasteiger partial charge in [0, 0.05) is 67.7 Å². The second kappa shape index (κ2) is 10.3. The van der Waals surface area contributed by atoms with Crippen LogP contribution < -0.4 is 15.5 Å². The molecule has 40 heavy (non-hydrogen) atoms. The highest BCUT2D eigenvalue weighted by molar-refractivity contribution is 5.77. The Bertz CT molecular complexity index is 1600. The van der Waals surface area contributed by atoms with E-state index in [4.69, 9.17) is 5.73 Å². The number of hydrogen-bond acceptors (Lipinski definition) is 9. The number of halogens is 1. The maximum Gasteiger partial charge on any atom is 0.225 e. The molecule has 3 N–H and O–H groups in total. The quantitative estimate of drug-likeness (QED) is 0.319. The average molecular weight is 543 g/mol. The SMILES string of the molecule is CC(O)Cn1cc(-c2cc3c(N4CCN(c5ncc([C@@](C)(N)c6ccc(F)cc6)cn5)CC4)ncnn3c2)cn1. The van der Waals surface area contributed by atoms with Crippen LogP contribution in [0.15, 0.2) is 67.6 Å². The Morgan fingerprint density at radius 1 is 0.925 bits per heavy atom. The summed E-state index contributed by atoms with van der Waals surface area (Å²) in [6, 6.07) is 8.25. The van der Waals surface area contributed by atoms with Crippen molar-refractivity contribution in [2.45, 2.75) is 32.0 Å². The summed E-state index contributed by atoms with van der Waals surface area (Å²) in [5.41, 5.74) is 10.1. The predicted molar refractivity (Wildman–Crippen MR) is 149 cm³/mol. The first-order chi connectivity index (χ1) is 19.3. The number of rotatable bonds is 7. The number of nitrogens with two attached hydrogens (primary N) is 1. The lowest BCUT2D eigenvalue weighted by atomic mass is 9.87. The van der Waals surface area contributed by atoms with Crippen LogP contribution in [0, 0.1) is 5.82 Å². The molecule has 1 saturated heterocycles. The summed E-state index contributed by atoms with van der Waals surface area (Å²) in [5, 5.41) is 18.4. The largest absolute Gasteiger partial charge is 0.391 e. The lowest BCUT2D eigenvalue weighted by Crippen LogP contribution is -2.47. The molecule has 1 aromatic carbocycles. The Morgan fingerprint density at radius 2 is 1.62 bits per heavy atom. The van der Waals surface area contributed by atoms with E-state index in [-0.39, 0.29) is 5.82 Å². The lowest BCUT2D eigenvalue weighted by molar-refractivity contribution is 0.168. The minimum atomic E-state index is -0.838. The van der Waals surface area contributed by atoms with Crippen LogP contribution in [0.2, 0.25) is 0 Å². The predicted octanol–water partition coefficient (Wildman–Crippen LogP) is 2.45. The molecule has 12 heteroatoms. The van der Waals surface area contributed by atoms with Gasteiger partial charge < -0.3 is 20.6 Å². The second-order valence-corrected chi connectivity index (χ2v) is 10.4. The minimum Gasteiger partial charge on any atom is -0.391 e. The molecule has 4 aromatic heterocycles. The third-order valence-electron chi connectivity index (χ3n) is 7.35. The van der Waals surface area contributed by atoms with E-state index in [1.807, 2.05) is 23.8 Å². The molecule has 0 bridgehead atoms. The van der Waals surface area contributed by atoms with Gasteiger partial charge in [-0.1, -0.05) is 12.1 Å². The first-order valence-electron chi connectivity index (χ1n) is 13.2. The fourth-order valence-corrected chi connectivity index (χ4v) is 5.04. The average Bonchev–Trinajstić information content (AvgIpc) is 3.60. The molecule has 0 aliphatic carbocycles. The van der Waals surface area contributed by atoms with Gasteiger partial charge in [0.15, 0.2) is 5.82 Å². The van der Waals surface area contributed by atoms with Gasteiger partial charge in [-0.25, -0.2) is 23.9 Å². The van der Waals surface area contributed by atoms with E-state index in [1.54, 1.807) is 48.7 Å². The Kier molecular flexibility index (Phi) is 6.64. The van der Waals surface area contributed by atoms with Crippen LogP contribution in [0.3, 0.4) is 0 Å². The fourth-order valence-electron chi connectivity index (χ4n) is 5.04. The summed E-state index contributed by atoms with van der Waals surface area (Å²) in [6.45, 7) is 7.00. The van der Waals surface area contributed by atoms with E-state index in [0.29, 0.717) is 12.5 Å². The molecule has 5 heterocycles. The summed E-state index contributed by atoms with van der Waals surface area (Å²) in [5.74, 6) is 1.21. The standard InChI is InChI=1S/C28H31FN10O/c1-19(40)15-38-16-21(12-34-38)20-11-25-26(33-18-35-39(25)17-20)36-7-9-37(10-8-36)27-31-13-23(14-32-27)28(2,30)22-3-5-24(29)6-4-22/h3-6,11-14,16-19,40H,7-10,15,30H2,1-2H3/t19?,28-/m0/s1. The molecule has 6 rings (SSSR count). The number of aromatic nitrogens is 7. The van der Waals surface area contributed by atoms with E-state index in [9.17, 15) is 9.50 Å². The van der Waals surface area contributed by atoms with Gasteiger partial charge >= 0.3 is 0 Å². The second-order valence-electron chi connectivity index (χ2n) is 10.4. The maximum absolute atomic E-state index is 13.4. The zero-order valence-electron chi connectivity index (χ0n) is 22.4. The third kappa shape index (κ3) is 4.98. The number of fused-ring (bicyclic) bond motifs is 1. The summed E-state index contributed by atoms with van der Waals surface area (Å²) in [6.07, 6.45) is 10.3. The molecule has 1 unspecified atom stereocenters. The van der Waals surface area contributed by atoms with Crippen LogP contribution in [-0.4, -0.2) is 71.7 Å². The molecular weight excluding hydrogens is 511 g/mol. The summed E-state index contributed by atoms with van der Waals surface area (Å²) in [7, 11) is 0. The summed E-state index contributed by atoms with van der Waals surface area (Å²) >= 11 is 0. The Labute approximate surface area is 230 Å². The summed E-state index contributed by atoms with van der Waals surface area (Å²) in [4.78, 5) is 18.2. The van der Waals surface area contributed by atoms with Crippen LogP contribution in [0.4, 0.5) is 16.2 Å². The summed E-state index contributed by atoms with van der Waals surface area (Å²) < 4.78 is 16.9. The number of hydrogen-bond donors (Lipinski definition) is 2. The number of anilines is 2. The molecular formula is C28H31FN10O. The normalized spacial score (nSPS) is 16.3. The van der Waals surface area contributed by atoms with Crippen molar-refractivity contribution in [2.24, 2.45) is 5.73 Å². The lowest BCUT2D eigenvalue weighted by Gasteiger charge is -2.35. The zero-order valence-corrected chi connectivity index (χ0v) is 22.4. The fraction of sp³-hybridized carbons (Fsp3) is 0.321. The van der Waals surface area contributed by atoms with Crippen molar-refractivity contribution in [3.8, 4) is 11.1 Å². The Balaban J connectivity index is 1.15. The molecule has 1 aliphatic heterocycles. The highest BCUT2D eigenvalue weighted by Gasteiger charge is 2.26.